The van der Waals surface area contributed by atoms with Crippen molar-refractivity contribution in [2.45, 2.75) is 44.6 Å². The van der Waals surface area contributed by atoms with E-state index in [0.29, 0.717) is 22.0 Å². The monoisotopic (exact) mass is 608 g/mol. The first-order valence-corrected chi connectivity index (χ1v) is 13.1. The molecule has 1 amide bonds. The predicted octanol–water partition coefficient (Wildman–Crippen LogP) is 3.46. The fourth-order valence-corrected chi connectivity index (χ4v) is 4.79. The van der Waals surface area contributed by atoms with Gasteiger partial charge in [-0.3, -0.25) is 14.2 Å². The predicted molar refractivity (Wildman–Crippen MR) is 141 cm³/mol. The zero-order valence-corrected chi connectivity index (χ0v) is 22.6. The van der Waals surface area contributed by atoms with Crippen LogP contribution in [-0.2, 0) is 22.7 Å². The van der Waals surface area contributed by atoms with Crippen molar-refractivity contribution in [3.63, 3.8) is 0 Å². The number of alkyl halides is 3. The van der Waals surface area contributed by atoms with Crippen molar-refractivity contribution in [1.82, 2.24) is 39.4 Å². The summed E-state index contributed by atoms with van der Waals surface area (Å²) in [6, 6.07) is 6.77. The van der Waals surface area contributed by atoms with Gasteiger partial charge in [-0.15, -0.1) is 10.2 Å². The maximum absolute atomic E-state index is 14.1. The minimum absolute atomic E-state index is 0.0979. The van der Waals surface area contributed by atoms with E-state index in [1.54, 1.807) is 12.1 Å². The van der Waals surface area contributed by atoms with Crippen LogP contribution in [0.15, 0.2) is 53.7 Å². The molecule has 0 saturated heterocycles. The minimum Gasteiger partial charge on any atom is -0.342 e. The van der Waals surface area contributed by atoms with E-state index in [4.69, 9.17) is 23.2 Å². The molecule has 5 rings (SSSR count). The average Bonchev–Trinajstić information content (AvgIpc) is 3.64. The Labute approximate surface area is 239 Å². The van der Waals surface area contributed by atoms with Crippen LogP contribution in [0.4, 0.5) is 13.2 Å². The highest BCUT2D eigenvalue weighted by atomic mass is 35.5. The molecule has 0 bridgehead atoms. The van der Waals surface area contributed by atoms with Gasteiger partial charge in [-0.1, -0.05) is 23.2 Å². The lowest BCUT2D eigenvalue weighted by atomic mass is 10.1. The highest BCUT2D eigenvalue weighted by Gasteiger charge is 2.44. The quantitative estimate of drug-likeness (QED) is 0.303. The molecule has 41 heavy (non-hydrogen) atoms. The second-order valence-electron chi connectivity index (χ2n) is 9.31. The van der Waals surface area contributed by atoms with Gasteiger partial charge in [-0.2, -0.15) is 13.2 Å². The molecule has 11 nitrogen and oxygen atoms in total. The van der Waals surface area contributed by atoms with Crippen LogP contribution in [0.2, 0.25) is 10.0 Å². The van der Waals surface area contributed by atoms with Crippen LogP contribution in [0, 0.1) is 5.92 Å². The molecule has 4 aromatic rings. The van der Waals surface area contributed by atoms with Gasteiger partial charge in [0.2, 0.25) is 5.91 Å². The number of carbonyl (C=O) groups excluding carboxylic acids is 2. The molecule has 1 aliphatic rings. The molecule has 16 heteroatoms. The fraction of sp³-hybridized carbons (Fsp3) is 0.320. The van der Waals surface area contributed by atoms with Crippen LogP contribution >= 0.6 is 23.2 Å². The molecule has 0 aliphatic heterocycles. The van der Waals surface area contributed by atoms with Crippen LogP contribution in [0.1, 0.15) is 25.1 Å². The summed E-state index contributed by atoms with van der Waals surface area (Å²) in [5.41, 5.74) is -0.593. The normalized spacial score (nSPS) is 16.2. The van der Waals surface area contributed by atoms with Crippen LogP contribution in [0.25, 0.3) is 17.2 Å². The van der Waals surface area contributed by atoms with Crippen LogP contribution < -0.4 is 11.0 Å². The lowest BCUT2D eigenvalue weighted by Crippen LogP contribution is -2.51. The Morgan fingerprint density at radius 1 is 1.10 bits per heavy atom. The number of halogens is 5. The van der Waals surface area contributed by atoms with Gasteiger partial charge in [-0.05, 0) is 49.2 Å². The molecule has 1 N–H and O–H groups in total. The highest BCUT2D eigenvalue weighted by molar-refractivity contribution is 6.32. The van der Waals surface area contributed by atoms with Crippen molar-refractivity contribution < 1.29 is 22.8 Å². The number of rotatable bonds is 8. The summed E-state index contributed by atoms with van der Waals surface area (Å²) in [5.74, 6) is -2.28. The van der Waals surface area contributed by atoms with Crippen LogP contribution in [0.3, 0.4) is 0 Å². The molecule has 2 atom stereocenters. The van der Waals surface area contributed by atoms with Crippen molar-refractivity contribution in [3.05, 3.63) is 75.3 Å². The number of hydrogen-bond acceptors (Lipinski definition) is 7. The van der Waals surface area contributed by atoms with E-state index in [2.05, 4.69) is 20.2 Å². The van der Waals surface area contributed by atoms with Crippen molar-refractivity contribution in [2.75, 3.05) is 0 Å². The van der Waals surface area contributed by atoms with E-state index in [-0.39, 0.29) is 36.9 Å². The number of ketones is 1. The number of aromatic nitrogens is 7. The molecule has 2 unspecified atom stereocenters. The third kappa shape index (κ3) is 6.17. The first-order valence-electron chi connectivity index (χ1n) is 12.4. The van der Waals surface area contributed by atoms with Gasteiger partial charge in [0, 0.05) is 23.2 Å². The molecule has 0 spiro atoms. The van der Waals surface area contributed by atoms with E-state index in [9.17, 15) is 27.6 Å². The molecule has 1 saturated carbocycles. The first kappa shape index (κ1) is 28.5. The molecule has 3 aromatic heterocycles. The van der Waals surface area contributed by atoms with E-state index in [0.717, 1.165) is 9.25 Å². The molecule has 214 valence electrons. The summed E-state index contributed by atoms with van der Waals surface area (Å²) in [4.78, 5) is 46.3. The molecule has 0 radical (unpaired) electrons. The molecule has 3 heterocycles. The van der Waals surface area contributed by atoms with Crippen LogP contribution in [0.5, 0.6) is 0 Å². The Bertz CT molecular complexity index is 1650. The number of Topliss-reactive ketones (excluding diaryl/α,β-unsaturated/α-hetero) is 1. The molecule has 1 fully saturated rings. The van der Waals surface area contributed by atoms with Crippen molar-refractivity contribution in [1.29, 1.82) is 0 Å². The van der Waals surface area contributed by atoms with Crippen LogP contribution in [-0.4, -0.2) is 58.0 Å². The Balaban J connectivity index is 1.49. The minimum atomic E-state index is -4.93. The number of pyridine rings is 1. The summed E-state index contributed by atoms with van der Waals surface area (Å²) in [6.07, 6.45) is -1.36. The van der Waals surface area contributed by atoms with E-state index < -0.39 is 42.1 Å². The fourth-order valence-electron chi connectivity index (χ4n) is 4.45. The molecule has 1 aromatic carbocycles. The SMILES string of the molecule is O=C1CCCC1C(=O)NC(Cn1c(-c2ccc(Cl)cc2)nn(Cc2ncn(-c3ncccc3Cl)n2)c1=O)C(F)(F)F. The van der Waals surface area contributed by atoms with E-state index >= 15 is 0 Å². The Hall–Kier alpha value is -4.04. The summed E-state index contributed by atoms with van der Waals surface area (Å²) in [7, 11) is 0. The number of amides is 1. The van der Waals surface area contributed by atoms with Gasteiger partial charge < -0.3 is 5.32 Å². The lowest BCUT2D eigenvalue weighted by molar-refractivity contribution is -0.166. The van der Waals surface area contributed by atoms with Crippen molar-refractivity contribution >= 4 is 34.9 Å². The largest absolute Gasteiger partial charge is 0.410 e. The number of nitrogens with zero attached hydrogens (tertiary/aromatic N) is 7. The highest BCUT2D eigenvalue weighted by Crippen LogP contribution is 2.27. The Morgan fingerprint density at radius 2 is 1.85 bits per heavy atom. The van der Waals surface area contributed by atoms with Gasteiger partial charge in [-0.25, -0.2) is 24.1 Å². The number of benzene rings is 1. The molecular formula is C25H21Cl2F3N8O3. The Kier molecular flexibility index (Phi) is 7.95. The molecule has 1 aliphatic carbocycles. The maximum atomic E-state index is 14.1. The second-order valence-corrected chi connectivity index (χ2v) is 10.2. The van der Waals surface area contributed by atoms with E-state index in [1.807, 2.05) is 5.32 Å². The van der Waals surface area contributed by atoms with Gasteiger partial charge in [0.25, 0.3) is 0 Å². The number of carbonyl (C=O) groups is 2. The zero-order chi connectivity index (χ0) is 29.3. The second kappa shape index (κ2) is 11.4. The van der Waals surface area contributed by atoms with Crippen molar-refractivity contribution in [2.24, 2.45) is 5.92 Å². The smallest absolute Gasteiger partial charge is 0.342 e. The van der Waals surface area contributed by atoms with Crippen molar-refractivity contribution in [3.8, 4) is 17.2 Å². The summed E-state index contributed by atoms with van der Waals surface area (Å²) >= 11 is 12.1. The summed E-state index contributed by atoms with van der Waals surface area (Å²) in [5, 5.41) is 11.1. The number of nitrogens with one attached hydrogen (secondary N) is 1. The van der Waals surface area contributed by atoms with Gasteiger partial charge in [0.15, 0.2) is 17.5 Å². The third-order valence-corrected chi connectivity index (χ3v) is 7.06. The standard InChI is InChI=1S/C25H21Cl2F3N8O3/c26-15-8-6-14(7-9-15)21-35-37(12-20-32-13-38(34-20)22-17(27)4-2-10-31-22)24(41)36(21)11-19(25(28,29)30)33-23(40)16-3-1-5-18(16)39/h2,4,6-10,13,16,19H,1,3,5,11-12H2,(H,33,40). The maximum Gasteiger partial charge on any atom is 0.410 e. The lowest BCUT2D eigenvalue weighted by Gasteiger charge is -2.23. The average molecular weight is 609 g/mol. The van der Waals surface area contributed by atoms with Gasteiger partial charge >= 0.3 is 11.9 Å². The van der Waals surface area contributed by atoms with E-state index in [1.165, 1.54) is 41.5 Å². The first-order chi connectivity index (χ1) is 19.5. The summed E-state index contributed by atoms with van der Waals surface area (Å²) < 4.78 is 45.4. The van der Waals surface area contributed by atoms with Gasteiger partial charge in [0.1, 0.15) is 24.7 Å². The zero-order valence-electron chi connectivity index (χ0n) is 21.1. The van der Waals surface area contributed by atoms with Gasteiger partial charge in [0.05, 0.1) is 17.5 Å². The summed E-state index contributed by atoms with van der Waals surface area (Å²) in [6.45, 7) is -1.28. The third-order valence-electron chi connectivity index (χ3n) is 6.51. The Morgan fingerprint density at radius 3 is 2.51 bits per heavy atom. The topological polar surface area (TPSA) is 130 Å². The molecular weight excluding hydrogens is 588 g/mol. The number of hydrogen-bond donors (Lipinski definition) is 1.